The quantitative estimate of drug-likeness (QED) is 0.556. The molecule has 0 aliphatic carbocycles. The van der Waals surface area contributed by atoms with Crippen LogP contribution in [0.2, 0.25) is 0 Å². The van der Waals surface area contributed by atoms with Gasteiger partial charge in [-0.2, -0.15) is 5.10 Å². The molecule has 1 N–H and O–H groups in total. The Kier molecular flexibility index (Phi) is 4.05. The Balaban J connectivity index is 1.38. The van der Waals surface area contributed by atoms with Crippen LogP contribution in [0.3, 0.4) is 0 Å². The van der Waals surface area contributed by atoms with Crippen molar-refractivity contribution in [2.45, 2.75) is 13.1 Å². The minimum atomic E-state index is -0.305. The van der Waals surface area contributed by atoms with Crippen molar-refractivity contribution in [1.82, 2.24) is 19.5 Å². The summed E-state index contributed by atoms with van der Waals surface area (Å²) in [6, 6.07) is 10.7. The Bertz CT molecular complexity index is 1260. The molecule has 0 atom stereocenters. The van der Waals surface area contributed by atoms with Crippen molar-refractivity contribution in [3.63, 3.8) is 0 Å². The molecule has 5 rings (SSSR count). The molecule has 9 heteroatoms. The van der Waals surface area contributed by atoms with Crippen molar-refractivity contribution in [3.8, 4) is 22.8 Å². The maximum Gasteiger partial charge on any atom is 0.277 e. The first-order valence-electron chi connectivity index (χ1n) is 8.95. The third kappa shape index (κ3) is 3.22. The van der Waals surface area contributed by atoms with E-state index in [1.807, 2.05) is 18.2 Å². The largest absolute Gasteiger partial charge is 0.467 e. The molecule has 1 aliphatic rings. The normalized spacial score (nSPS) is 12.4. The Hall–Kier alpha value is -4.01. The second kappa shape index (κ2) is 6.86. The van der Waals surface area contributed by atoms with Gasteiger partial charge in [-0.15, -0.1) is 0 Å². The van der Waals surface area contributed by atoms with Crippen molar-refractivity contribution >= 4 is 11.4 Å². The van der Waals surface area contributed by atoms with Gasteiger partial charge in [0.2, 0.25) is 12.7 Å². The van der Waals surface area contributed by atoms with Crippen molar-refractivity contribution in [2.75, 3.05) is 6.79 Å². The highest BCUT2D eigenvalue weighted by molar-refractivity contribution is 5.76. The van der Waals surface area contributed by atoms with Crippen LogP contribution in [-0.2, 0) is 17.9 Å². The highest BCUT2D eigenvalue weighted by Crippen LogP contribution is 2.35. The molecular weight excluding hydrogens is 376 g/mol. The number of nitrogens with one attached hydrogen (secondary N) is 1. The maximum absolute atomic E-state index is 12.8. The molecule has 0 bridgehead atoms. The molecule has 0 radical (unpaired) electrons. The zero-order valence-electron chi connectivity index (χ0n) is 15.2. The van der Waals surface area contributed by atoms with Crippen LogP contribution in [0.5, 0.6) is 11.5 Å². The fraction of sp³-hybridized carbons (Fsp3) is 0.150. The number of benzene rings is 1. The molecular formula is C20H16N4O5. The summed E-state index contributed by atoms with van der Waals surface area (Å²) in [6.45, 7) is 0.362. The average molecular weight is 392 g/mol. The zero-order valence-corrected chi connectivity index (χ0v) is 15.2. The van der Waals surface area contributed by atoms with Gasteiger partial charge in [-0.25, -0.2) is 4.52 Å². The van der Waals surface area contributed by atoms with Gasteiger partial charge in [0.1, 0.15) is 17.8 Å². The van der Waals surface area contributed by atoms with Crippen LogP contribution >= 0.6 is 0 Å². The third-order valence-electron chi connectivity index (χ3n) is 4.63. The number of aromatic nitrogens is 3. The smallest absolute Gasteiger partial charge is 0.277 e. The topological polar surface area (TPSA) is 100 Å². The van der Waals surface area contributed by atoms with Gasteiger partial charge < -0.3 is 23.8 Å². The molecule has 0 fully saturated rings. The first kappa shape index (κ1) is 17.1. The van der Waals surface area contributed by atoms with E-state index in [2.05, 4.69) is 10.4 Å². The summed E-state index contributed by atoms with van der Waals surface area (Å²) < 4.78 is 18.7. The fourth-order valence-electron chi connectivity index (χ4n) is 3.16. The van der Waals surface area contributed by atoms with E-state index in [1.54, 1.807) is 24.4 Å². The molecule has 0 unspecified atom stereocenters. The molecule has 1 aliphatic heterocycles. The number of hydrogen-bond donors (Lipinski definition) is 1. The van der Waals surface area contributed by atoms with E-state index in [0.29, 0.717) is 28.5 Å². The van der Waals surface area contributed by atoms with Crippen LogP contribution in [0.4, 0.5) is 0 Å². The first-order chi connectivity index (χ1) is 14.2. The van der Waals surface area contributed by atoms with Crippen molar-refractivity contribution in [3.05, 3.63) is 71.2 Å². The van der Waals surface area contributed by atoms with E-state index in [1.165, 1.54) is 21.5 Å². The SMILES string of the molecule is O=C(Cn1ccn2nc(-c3ccc4c(c3)OCO4)cc2c1=O)NCc1ccco1. The van der Waals surface area contributed by atoms with Crippen LogP contribution in [0, 0.1) is 0 Å². The molecule has 0 saturated carbocycles. The van der Waals surface area contributed by atoms with Gasteiger partial charge in [-0.05, 0) is 36.4 Å². The van der Waals surface area contributed by atoms with Crippen molar-refractivity contribution in [2.24, 2.45) is 0 Å². The molecule has 1 amide bonds. The Labute approximate surface area is 164 Å². The lowest BCUT2D eigenvalue weighted by molar-refractivity contribution is -0.121. The summed E-state index contributed by atoms with van der Waals surface area (Å²) in [7, 11) is 0. The lowest BCUT2D eigenvalue weighted by Crippen LogP contribution is -2.32. The van der Waals surface area contributed by atoms with Crippen LogP contribution in [0.1, 0.15) is 5.76 Å². The summed E-state index contributed by atoms with van der Waals surface area (Å²) >= 11 is 0. The molecule has 9 nitrogen and oxygen atoms in total. The molecule has 29 heavy (non-hydrogen) atoms. The summed E-state index contributed by atoms with van der Waals surface area (Å²) in [6.07, 6.45) is 4.72. The lowest BCUT2D eigenvalue weighted by atomic mass is 10.1. The van der Waals surface area contributed by atoms with Gasteiger partial charge >= 0.3 is 0 Å². The Morgan fingerprint density at radius 3 is 2.90 bits per heavy atom. The number of carbonyl (C=O) groups excluding carboxylic acids is 1. The molecule has 4 heterocycles. The number of amides is 1. The van der Waals surface area contributed by atoms with Crippen LogP contribution < -0.4 is 20.3 Å². The Morgan fingerprint density at radius 2 is 2.03 bits per heavy atom. The molecule has 0 spiro atoms. The van der Waals surface area contributed by atoms with Crippen molar-refractivity contribution in [1.29, 1.82) is 0 Å². The number of hydrogen-bond acceptors (Lipinski definition) is 6. The van der Waals surface area contributed by atoms with E-state index in [-0.39, 0.29) is 31.3 Å². The molecule has 3 aromatic heterocycles. The second-order valence-corrected chi connectivity index (χ2v) is 6.51. The van der Waals surface area contributed by atoms with E-state index >= 15 is 0 Å². The maximum atomic E-state index is 12.8. The molecule has 0 saturated heterocycles. The summed E-state index contributed by atoms with van der Waals surface area (Å²) in [5.74, 6) is 1.68. The lowest BCUT2D eigenvalue weighted by Gasteiger charge is -2.06. The summed E-state index contributed by atoms with van der Waals surface area (Å²) in [5.41, 5.74) is 1.50. The fourth-order valence-corrected chi connectivity index (χ4v) is 3.16. The first-order valence-corrected chi connectivity index (χ1v) is 8.95. The number of carbonyl (C=O) groups is 1. The molecule has 146 valence electrons. The zero-order chi connectivity index (χ0) is 19.8. The van der Waals surface area contributed by atoms with E-state index < -0.39 is 0 Å². The van der Waals surface area contributed by atoms with Gasteiger partial charge in [0.25, 0.3) is 5.56 Å². The number of ether oxygens (including phenoxy) is 2. The van der Waals surface area contributed by atoms with Gasteiger partial charge in [-0.1, -0.05) is 0 Å². The number of rotatable bonds is 5. The van der Waals surface area contributed by atoms with E-state index in [4.69, 9.17) is 13.9 Å². The number of nitrogens with zero attached hydrogens (tertiary/aromatic N) is 3. The van der Waals surface area contributed by atoms with Gasteiger partial charge in [-0.3, -0.25) is 9.59 Å². The standard InChI is InChI=1S/C20H16N4O5/c25-19(21-10-14-2-1-7-27-14)11-23-5-6-24-16(20(23)26)9-15(22-24)13-3-4-17-18(8-13)29-12-28-17/h1-9H,10-12H2,(H,21,25). The summed E-state index contributed by atoms with van der Waals surface area (Å²) in [5, 5.41) is 7.18. The predicted molar refractivity (Wildman–Crippen MR) is 102 cm³/mol. The summed E-state index contributed by atoms with van der Waals surface area (Å²) in [4.78, 5) is 25.0. The highest BCUT2D eigenvalue weighted by Gasteiger charge is 2.16. The third-order valence-corrected chi connectivity index (χ3v) is 4.63. The number of fused-ring (bicyclic) bond motifs is 2. The minimum Gasteiger partial charge on any atom is -0.467 e. The van der Waals surface area contributed by atoms with Crippen LogP contribution in [0.15, 0.2) is 64.3 Å². The van der Waals surface area contributed by atoms with Gasteiger partial charge in [0.15, 0.2) is 11.5 Å². The monoisotopic (exact) mass is 392 g/mol. The van der Waals surface area contributed by atoms with Gasteiger partial charge in [0, 0.05) is 18.0 Å². The Morgan fingerprint density at radius 1 is 1.14 bits per heavy atom. The van der Waals surface area contributed by atoms with Crippen LogP contribution in [0.25, 0.3) is 16.8 Å². The second-order valence-electron chi connectivity index (χ2n) is 6.51. The van der Waals surface area contributed by atoms with E-state index in [9.17, 15) is 9.59 Å². The minimum absolute atomic E-state index is 0.0966. The molecule has 1 aromatic carbocycles. The van der Waals surface area contributed by atoms with Crippen LogP contribution in [-0.4, -0.2) is 26.9 Å². The van der Waals surface area contributed by atoms with E-state index in [0.717, 1.165) is 5.56 Å². The average Bonchev–Trinajstić information content (AvgIpc) is 3.48. The van der Waals surface area contributed by atoms with Gasteiger partial charge in [0.05, 0.1) is 18.5 Å². The van der Waals surface area contributed by atoms with Crippen molar-refractivity contribution < 1.29 is 18.7 Å². The predicted octanol–water partition coefficient (Wildman–Crippen LogP) is 1.80. The number of furan rings is 1. The highest BCUT2D eigenvalue weighted by atomic mass is 16.7. The molecule has 4 aromatic rings.